The Labute approximate surface area is 145 Å². The maximum Gasteiger partial charge on any atom is 0.314 e. The summed E-state index contributed by atoms with van der Waals surface area (Å²) >= 11 is 0. The first-order valence-electron chi connectivity index (χ1n) is 7.76. The molecule has 132 valence electrons. The lowest BCUT2D eigenvalue weighted by Gasteiger charge is -2.14. The molecule has 0 heterocycles. The topological polar surface area (TPSA) is 90.7 Å². The molecule has 0 aliphatic carbocycles. The third-order valence-electron chi connectivity index (χ3n) is 3.58. The summed E-state index contributed by atoms with van der Waals surface area (Å²) in [5, 5.41) is 13.9. The van der Waals surface area contributed by atoms with Gasteiger partial charge in [-0.1, -0.05) is 32.0 Å². The number of carbonyl (C=O) groups excluding carboxylic acids is 1. The monoisotopic (exact) mass is 344 g/mol. The molecule has 2 rings (SSSR count). The lowest BCUT2D eigenvalue weighted by atomic mass is 10.0. The fraction of sp³-hybridized carbons (Fsp3) is 0.278. The molecule has 0 unspecified atom stereocenters. The van der Waals surface area contributed by atoms with Crippen LogP contribution in [0, 0.1) is 10.1 Å². The van der Waals surface area contributed by atoms with Gasteiger partial charge in [0.25, 0.3) is 5.91 Å². The van der Waals surface area contributed by atoms with Crippen molar-refractivity contribution in [2.75, 3.05) is 19.0 Å². The molecule has 0 saturated heterocycles. The highest BCUT2D eigenvalue weighted by Crippen LogP contribution is 2.31. The van der Waals surface area contributed by atoms with Crippen LogP contribution in [0.25, 0.3) is 0 Å². The van der Waals surface area contributed by atoms with Gasteiger partial charge >= 0.3 is 5.69 Å². The summed E-state index contributed by atoms with van der Waals surface area (Å²) < 4.78 is 10.3. The van der Waals surface area contributed by atoms with Gasteiger partial charge < -0.3 is 14.8 Å². The van der Waals surface area contributed by atoms with Crippen molar-refractivity contribution in [1.82, 2.24) is 0 Å². The Morgan fingerprint density at radius 1 is 1.24 bits per heavy atom. The number of nitro groups is 1. The molecule has 0 spiro atoms. The highest BCUT2D eigenvalue weighted by molar-refractivity contribution is 5.92. The van der Waals surface area contributed by atoms with Crippen molar-refractivity contribution in [2.45, 2.75) is 19.8 Å². The van der Waals surface area contributed by atoms with Gasteiger partial charge in [-0.15, -0.1) is 0 Å². The molecule has 0 bridgehead atoms. The van der Waals surface area contributed by atoms with Crippen LogP contribution in [0.1, 0.15) is 25.3 Å². The van der Waals surface area contributed by atoms with E-state index in [1.807, 2.05) is 38.1 Å². The predicted octanol–water partition coefficient (Wildman–Crippen LogP) is 3.74. The number of nitrogens with one attached hydrogen (secondary N) is 1. The maximum absolute atomic E-state index is 12.1. The number of nitrogens with zero attached hydrogens (tertiary/aromatic N) is 1. The summed E-state index contributed by atoms with van der Waals surface area (Å²) in [6, 6.07) is 11.7. The molecule has 2 aromatic carbocycles. The van der Waals surface area contributed by atoms with Crippen LogP contribution in [0.4, 0.5) is 11.4 Å². The van der Waals surface area contributed by atoms with E-state index in [1.54, 1.807) is 0 Å². The van der Waals surface area contributed by atoms with Gasteiger partial charge in [0.2, 0.25) is 0 Å². The Hall–Kier alpha value is -3.09. The number of rotatable bonds is 7. The number of para-hydroxylation sites is 1. The molecule has 0 atom stereocenters. The van der Waals surface area contributed by atoms with Crippen molar-refractivity contribution >= 4 is 17.3 Å². The summed E-state index contributed by atoms with van der Waals surface area (Å²) in [6.45, 7) is 3.73. The summed E-state index contributed by atoms with van der Waals surface area (Å²) in [7, 11) is 1.42. The van der Waals surface area contributed by atoms with Crippen molar-refractivity contribution in [3.8, 4) is 11.5 Å². The minimum Gasteiger partial charge on any atom is -0.496 e. The average molecular weight is 344 g/mol. The summed E-state index contributed by atoms with van der Waals surface area (Å²) in [5.74, 6) is 0.214. The van der Waals surface area contributed by atoms with E-state index in [4.69, 9.17) is 9.47 Å². The van der Waals surface area contributed by atoms with Crippen molar-refractivity contribution in [3.05, 3.63) is 58.1 Å². The van der Waals surface area contributed by atoms with E-state index in [9.17, 15) is 14.9 Å². The van der Waals surface area contributed by atoms with E-state index < -0.39 is 10.8 Å². The smallest absolute Gasteiger partial charge is 0.314 e. The number of ether oxygens (including phenoxy) is 2. The second-order valence-electron chi connectivity index (χ2n) is 5.67. The van der Waals surface area contributed by atoms with Crippen LogP contribution in [0.5, 0.6) is 11.5 Å². The molecule has 0 aliphatic heterocycles. The lowest BCUT2D eigenvalue weighted by Crippen LogP contribution is -2.21. The van der Waals surface area contributed by atoms with E-state index >= 15 is 0 Å². The largest absolute Gasteiger partial charge is 0.496 e. The van der Waals surface area contributed by atoms with E-state index in [2.05, 4.69) is 5.32 Å². The van der Waals surface area contributed by atoms with E-state index in [0.29, 0.717) is 11.4 Å². The molecular formula is C18H20N2O5. The first kappa shape index (κ1) is 18.3. The van der Waals surface area contributed by atoms with Crippen LogP contribution >= 0.6 is 0 Å². The highest BCUT2D eigenvalue weighted by atomic mass is 16.6. The molecule has 0 radical (unpaired) electrons. The van der Waals surface area contributed by atoms with Crippen LogP contribution < -0.4 is 14.8 Å². The number of hydrogen-bond acceptors (Lipinski definition) is 5. The third-order valence-corrected chi connectivity index (χ3v) is 3.58. The van der Waals surface area contributed by atoms with Gasteiger partial charge in [-0.05, 0) is 29.7 Å². The number of carbonyl (C=O) groups is 1. The van der Waals surface area contributed by atoms with Crippen molar-refractivity contribution in [3.63, 3.8) is 0 Å². The Kier molecular flexibility index (Phi) is 5.94. The Balaban J connectivity index is 2.07. The Morgan fingerprint density at radius 3 is 2.60 bits per heavy atom. The summed E-state index contributed by atoms with van der Waals surface area (Å²) in [6.07, 6.45) is 0. The minimum atomic E-state index is -0.580. The molecule has 0 saturated carbocycles. The van der Waals surface area contributed by atoms with Crippen LogP contribution in [0.3, 0.4) is 0 Å². The molecule has 25 heavy (non-hydrogen) atoms. The van der Waals surface area contributed by atoms with Crippen molar-refractivity contribution in [1.29, 1.82) is 0 Å². The zero-order chi connectivity index (χ0) is 18.4. The number of benzene rings is 2. The number of anilines is 1. The van der Waals surface area contributed by atoms with E-state index in [-0.39, 0.29) is 24.0 Å². The molecular weight excluding hydrogens is 324 g/mol. The third kappa shape index (κ3) is 4.69. The lowest BCUT2D eigenvalue weighted by molar-refractivity contribution is -0.385. The van der Waals surface area contributed by atoms with E-state index in [1.165, 1.54) is 25.3 Å². The number of hydrogen-bond donors (Lipinski definition) is 1. The summed E-state index contributed by atoms with van der Waals surface area (Å²) in [4.78, 5) is 22.7. The van der Waals surface area contributed by atoms with Gasteiger partial charge in [-0.3, -0.25) is 14.9 Å². The van der Waals surface area contributed by atoms with Crippen LogP contribution in [0.2, 0.25) is 0 Å². The molecule has 1 N–H and O–H groups in total. The van der Waals surface area contributed by atoms with Gasteiger partial charge in [0.15, 0.2) is 12.4 Å². The second kappa shape index (κ2) is 8.14. The second-order valence-corrected chi connectivity index (χ2v) is 5.67. The Bertz CT molecular complexity index is 774. The molecule has 0 fully saturated rings. The molecule has 1 amide bonds. The zero-order valence-corrected chi connectivity index (χ0v) is 14.3. The van der Waals surface area contributed by atoms with Crippen molar-refractivity contribution in [2.24, 2.45) is 0 Å². The maximum atomic E-state index is 12.1. The number of nitro benzene ring substituents is 1. The fourth-order valence-corrected chi connectivity index (χ4v) is 2.33. The van der Waals surface area contributed by atoms with Crippen LogP contribution in [-0.4, -0.2) is 24.5 Å². The molecule has 0 aliphatic rings. The number of methoxy groups -OCH3 is 1. The standard InChI is InChI=1S/C18H20N2O5/c1-12(2)14-6-4-5-7-15(14)19-18(21)11-25-17-9-8-13(24-3)10-16(17)20(22)23/h4-10,12H,11H2,1-3H3,(H,19,21). The summed E-state index contributed by atoms with van der Waals surface area (Å²) in [5.41, 5.74) is 1.45. The van der Waals surface area contributed by atoms with Gasteiger partial charge in [0.05, 0.1) is 18.1 Å². The molecule has 2 aromatic rings. The SMILES string of the molecule is COc1ccc(OCC(=O)Nc2ccccc2C(C)C)c([N+](=O)[O-])c1. The number of amides is 1. The molecule has 0 aromatic heterocycles. The van der Waals surface area contributed by atoms with E-state index in [0.717, 1.165) is 5.56 Å². The normalized spacial score (nSPS) is 10.4. The molecule has 7 nitrogen and oxygen atoms in total. The predicted molar refractivity (Wildman–Crippen MR) is 94.3 cm³/mol. The zero-order valence-electron chi connectivity index (χ0n) is 14.3. The van der Waals surface area contributed by atoms with Gasteiger partial charge in [0.1, 0.15) is 5.75 Å². The first-order chi connectivity index (χ1) is 11.9. The average Bonchev–Trinajstić information content (AvgIpc) is 2.60. The van der Waals surface area contributed by atoms with Gasteiger partial charge in [-0.25, -0.2) is 0 Å². The minimum absolute atomic E-state index is 0.0121. The highest BCUT2D eigenvalue weighted by Gasteiger charge is 2.18. The van der Waals surface area contributed by atoms with Gasteiger partial charge in [-0.2, -0.15) is 0 Å². The van der Waals surface area contributed by atoms with Crippen molar-refractivity contribution < 1.29 is 19.2 Å². The van der Waals surface area contributed by atoms with Crippen LogP contribution in [-0.2, 0) is 4.79 Å². The quantitative estimate of drug-likeness (QED) is 0.610. The van der Waals surface area contributed by atoms with Gasteiger partial charge in [0, 0.05) is 5.69 Å². The van der Waals surface area contributed by atoms with Crippen LogP contribution in [0.15, 0.2) is 42.5 Å². The first-order valence-corrected chi connectivity index (χ1v) is 7.76. The fourth-order valence-electron chi connectivity index (χ4n) is 2.33. The Morgan fingerprint density at radius 2 is 1.96 bits per heavy atom. The molecule has 7 heteroatoms.